The Labute approximate surface area is 93.9 Å². The Balaban J connectivity index is 2.64. The van der Waals surface area contributed by atoms with Crippen molar-refractivity contribution in [3.8, 4) is 0 Å². The molecule has 0 aliphatic rings. The molecule has 0 saturated carbocycles. The summed E-state index contributed by atoms with van der Waals surface area (Å²) in [6, 6.07) is 6.27. The Bertz CT molecular complexity index is 404. The zero-order valence-corrected chi connectivity index (χ0v) is 9.37. The van der Waals surface area contributed by atoms with Crippen molar-refractivity contribution in [2.75, 3.05) is 7.05 Å². The SMILES string of the molecule is CC(=O)CC(=O)N(C)Cc1ccccc1F. The van der Waals surface area contributed by atoms with Gasteiger partial charge in [-0.1, -0.05) is 18.2 Å². The highest BCUT2D eigenvalue weighted by atomic mass is 19.1. The first-order valence-electron chi connectivity index (χ1n) is 4.97. The number of hydrogen-bond acceptors (Lipinski definition) is 2. The molecule has 4 heteroatoms. The fourth-order valence-electron chi connectivity index (χ4n) is 1.32. The number of rotatable bonds is 4. The summed E-state index contributed by atoms with van der Waals surface area (Å²) in [5.74, 6) is -0.828. The van der Waals surface area contributed by atoms with Crippen molar-refractivity contribution in [3.63, 3.8) is 0 Å². The van der Waals surface area contributed by atoms with E-state index in [1.54, 1.807) is 25.2 Å². The van der Waals surface area contributed by atoms with Crippen LogP contribution in [0, 0.1) is 5.82 Å². The summed E-state index contributed by atoms with van der Waals surface area (Å²) in [5, 5.41) is 0. The molecular formula is C12H14FNO2. The summed E-state index contributed by atoms with van der Waals surface area (Å²) in [6.07, 6.45) is -0.134. The number of ketones is 1. The van der Waals surface area contributed by atoms with Crippen LogP contribution in [0.4, 0.5) is 4.39 Å². The maximum Gasteiger partial charge on any atom is 0.230 e. The number of amides is 1. The first kappa shape index (κ1) is 12.4. The van der Waals surface area contributed by atoms with E-state index >= 15 is 0 Å². The van der Waals surface area contributed by atoms with Crippen molar-refractivity contribution in [1.82, 2.24) is 4.90 Å². The molecule has 0 aliphatic heterocycles. The normalized spacial score (nSPS) is 9.94. The summed E-state index contributed by atoms with van der Waals surface area (Å²) in [4.78, 5) is 23.6. The molecule has 0 spiro atoms. The highest BCUT2D eigenvalue weighted by Gasteiger charge is 2.12. The second kappa shape index (κ2) is 5.39. The molecule has 86 valence electrons. The molecule has 3 nitrogen and oxygen atoms in total. The number of halogens is 1. The van der Waals surface area contributed by atoms with Crippen LogP contribution in [0.2, 0.25) is 0 Å². The Morgan fingerprint density at radius 3 is 2.50 bits per heavy atom. The molecule has 1 rings (SSSR count). The van der Waals surface area contributed by atoms with Gasteiger partial charge in [-0.3, -0.25) is 9.59 Å². The maximum absolute atomic E-state index is 13.3. The van der Waals surface area contributed by atoms with Gasteiger partial charge in [0.1, 0.15) is 11.6 Å². The van der Waals surface area contributed by atoms with E-state index < -0.39 is 0 Å². The molecule has 0 saturated heterocycles. The standard InChI is InChI=1S/C12H14FNO2/c1-9(15)7-12(16)14(2)8-10-5-3-4-6-11(10)13/h3-6H,7-8H2,1-2H3. The monoisotopic (exact) mass is 223 g/mol. The van der Waals surface area contributed by atoms with E-state index in [9.17, 15) is 14.0 Å². The molecule has 1 amide bonds. The van der Waals surface area contributed by atoms with Crippen LogP contribution in [0.3, 0.4) is 0 Å². The zero-order valence-electron chi connectivity index (χ0n) is 9.37. The Morgan fingerprint density at radius 1 is 1.31 bits per heavy atom. The third-order valence-electron chi connectivity index (χ3n) is 2.19. The van der Waals surface area contributed by atoms with Crippen LogP contribution in [-0.4, -0.2) is 23.6 Å². The lowest BCUT2D eigenvalue weighted by Gasteiger charge is -2.16. The molecule has 0 heterocycles. The van der Waals surface area contributed by atoms with Gasteiger partial charge < -0.3 is 4.90 Å². The lowest BCUT2D eigenvalue weighted by atomic mass is 10.2. The summed E-state index contributed by atoms with van der Waals surface area (Å²) in [5.41, 5.74) is 0.446. The van der Waals surface area contributed by atoms with Crippen LogP contribution >= 0.6 is 0 Å². The van der Waals surface area contributed by atoms with E-state index in [0.29, 0.717) is 5.56 Å². The third kappa shape index (κ3) is 3.46. The Morgan fingerprint density at radius 2 is 1.94 bits per heavy atom. The smallest absolute Gasteiger partial charge is 0.230 e. The molecule has 0 fully saturated rings. The minimum Gasteiger partial charge on any atom is -0.341 e. The minimum atomic E-state index is -0.343. The van der Waals surface area contributed by atoms with E-state index in [4.69, 9.17) is 0 Å². The second-order valence-electron chi connectivity index (χ2n) is 3.72. The molecular weight excluding hydrogens is 209 g/mol. The lowest BCUT2D eigenvalue weighted by molar-refractivity contribution is -0.134. The van der Waals surface area contributed by atoms with Gasteiger partial charge in [0, 0.05) is 19.2 Å². The van der Waals surface area contributed by atoms with Gasteiger partial charge in [0.05, 0.1) is 6.42 Å². The van der Waals surface area contributed by atoms with Gasteiger partial charge in [0.2, 0.25) is 5.91 Å². The Hall–Kier alpha value is -1.71. The van der Waals surface area contributed by atoms with E-state index in [2.05, 4.69) is 0 Å². The van der Waals surface area contributed by atoms with Gasteiger partial charge in [0.15, 0.2) is 0 Å². The average Bonchev–Trinajstić information content (AvgIpc) is 2.20. The fourth-order valence-corrected chi connectivity index (χ4v) is 1.32. The van der Waals surface area contributed by atoms with Gasteiger partial charge in [-0.2, -0.15) is 0 Å². The van der Waals surface area contributed by atoms with Gasteiger partial charge >= 0.3 is 0 Å². The van der Waals surface area contributed by atoms with Crippen molar-refractivity contribution in [1.29, 1.82) is 0 Å². The van der Waals surface area contributed by atoms with Crippen LogP contribution in [0.15, 0.2) is 24.3 Å². The number of nitrogens with zero attached hydrogens (tertiary/aromatic N) is 1. The predicted octanol–water partition coefficient (Wildman–Crippen LogP) is 1.76. The van der Waals surface area contributed by atoms with Crippen molar-refractivity contribution < 1.29 is 14.0 Å². The second-order valence-corrected chi connectivity index (χ2v) is 3.72. The zero-order chi connectivity index (χ0) is 12.1. The molecule has 1 aromatic carbocycles. The Kier molecular flexibility index (Phi) is 4.17. The molecule has 0 aliphatic carbocycles. The van der Waals surface area contributed by atoms with Crippen molar-refractivity contribution >= 4 is 11.7 Å². The van der Waals surface area contributed by atoms with Crippen molar-refractivity contribution in [2.24, 2.45) is 0 Å². The molecule has 16 heavy (non-hydrogen) atoms. The molecule has 0 atom stereocenters. The number of Topliss-reactive ketones (excluding diaryl/α,β-unsaturated/α-hetero) is 1. The molecule has 1 aromatic rings. The van der Waals surface area contributed by atoms with Crippen molar-refractivity contribution in [3.05, 3.63) is 35.6 Å². The van der Waals surface area contributed by atoms with Crippen LogP contribution in [0.5, 0.6) is 0 Å². The van der Waals surface area contributed by atoms with Crippen molar-refractivity contribution in [2.45, 2.75) is 19.9 Å². The summed E-state index contributed by atoms with van der Waals surface area (Å²) in [7, 11) is 1.55. The van der Waals surface area contributed by atoms with E-state index in [-0.39, 0.29) is 30.5 Å². The number of hydrogen-bond donors (Lipinski definition) is 0. The van der Waals surface area contributed by atoms with E-state index in [1.807, 2.05) is 0 Å². The maximum atomic E-state index is 13.3. The van der Waals surface area contributed by atoms with Gasteiger partial charge in [0.25, 0.3) is 0 Å². The van der Waals surface area contributed by atoms with Gasteiger partial charge in [-0.15, -0.1) is 0 Å². The van der Waals surface area contributed by atoms with Gasteiger partial charge in [-0.05, 0) is 13.0 Å². The fraction of sp³-hybridized carbons (Fsp3) is 0.333. The first-order chi connectivity index (χ1) is 7.50. The quantitative estimate of drug-likeness (QED) is 0.729. The minimum absolute atomic E-state index is 0.134. The van der Waals surface area contributed by atoms with Crippen LogP contribution in [0.1, 0.15) is 18.9 Å². The van der Waals surface area contributed by atoms with Crippen LogP contribution in [-0.2, 0) is 16.1 Å². The first-order valence-corrected chi connectivity index (χ1v) is 4.97. The largest absolute Gasteiger partial charge is 0.341 e. The highest BCUT2D eigenvalue weighted by Crippen LogP contribution is 2.09. The van der Waals surface area contributed by atoms with Gasteiger partial charge in [-0.25, -0.2) is 4.39 Å². The number of benzene rings is 1. The van der Waals surface area contributed by atoms with E-state index in [1.165, 1.54) is 17.9 Å². The molecule has 0 radical (unpaired) electrons. The summed E-state index contributed by atoms with van der Waals surface area (Å²) < 4.78 is 13.3. The lowest BCUT2D eigenvalue weighted by Crippen LogP contribution is -2.27. The number of carbonyl (C=O) groups excluding carboxylic acids is 2. The van der Waals surface area contributed by atoms with Crippen LogP contribution in [0.25, 0.3) is 0 Å². The highest BCUT2D eigenvalue weighted by molar-refractivity contribution is 5.96. The molecule has 0 aromatic heterocycles. The van der Waals surface area contributed by atoms with E-state index in [0.717, 1.165) is 0 Å². The third-order valence-corrected chi connectivity index (χ3v) is 2.19. The summed E-state index contributed by atoms with van der Waals surface area (Å²) >= 11 is 0. The topological polar surface area (TPSA) is 37.4 Å². The predicted molar refractivity (Wildman–Crippen MR) is 58.2 cm³/mol. The summed E-state index contributed by atoms with van der Waals surface area (Å²) in [6.45, 7) is 1.54. The molecule has 0 unspecified atom stereocenters. The average molecular weight is 223 g/mol. The molecule has 0 N–H and O–H groups in total. The molecule has 0 bridgehead atoms. The number of carbonyl (C=O) groups is 2. The van der Waals surface area contributed by atoms with Crippen LogP contribution < -0.4 is 0 Å².